The minimum Gasteiger partial charge on any atom is -0.351 e. The van der Waals surface area contributed by atoms with Crippen molar-refractivity contribution in [3.63, 3.8) is 0 Å². The zero-order valence-corrected chi connectivity index (χ0v) is 15.6. The van der Waals surface area contributed by atoms with Gasteiger partial charge in [-0.3, -0.25) is 9.36 Å². The minimum absolute atomic E-state index is 0.0256. The van der Waals surface area contributed by atoms with Crippen molar-refractivity contribution in [2.45, 2.75) is 46.7 Å². The number of benzene rings is 1. The third kappa shape index (κ3) is 3.22. The highest BCUT2D eigenvalue weighted by Gasteiger charge is 2.18. The molecule has 0 saturated carbocycles. The molecule has 5 heteroatoms. The van der Waals surface area contributed by atoms with E-state index in [9.17, 15) is 4.79 Å². The van der Waals surface area contributed by atoms with E-state index in [1.54, 1.807) is 4.57 Å². The fourth-order valence-corrected chi connectivity index (χ4v) is 3.65. The first kappa shape index (κ1) is 16.7. The van der Waals surface area contributed by atoms with E-state index in [4.69, 9.17) is 4.98 Å². The first-order valence-electron chi connectivity index (χ1n) is 8.18. The number of nitrogens with zero attached hydrogens (tertiary/aromatic N) is 2. The molecule has 2 aromatic heterocycles. The SMILES string of the molecule is CCn1c(NC(C)(C)C)nc2cc(-c3ccc(C)cc3)sc2c1=O. The Bertz CT molecular complexity index is 930. The van der Waals surface area contributed by atoms with E-state index < -0.39 is 0 Å². The fourth-order valence-electron chi connectivity index (χ4n) is 2.60. The molecule has 0 radical (unpaired) electrons. The summed E-state index contributed by atoms with van der Waals surface area (Å²) in [5.74, 6) is 0.635. The van der Waals surface area contributed by atoms with E-state index in [0.29, 0.717) is 17.2 Å². The van der Waals surface area contributed by atoms with E-state index in [0.717, 1.165) is 16.0 Å². The van der Waals surface area contributed by atoms with Crippen LogP contribution in [0.15, 0.2) is 35.1 Å². The van der Waals surface area contributed by atoms with Crippen molar-refractivity contribution in [2.24, 2.45) is 0 Å². The lowest BCUT2D eigenvalue weighted by atomic mass is 10.1. The lowest BCUT2D eigenvalue weighted by molar-refractivity contribution is 0.605. The van der Waals surface area contributed by atoms with Crippen LogP contribution in [0.25, 0.3) is 20.7 Å². The van der Waals surface area contributed by atoms with Crippen molar-refractivity contribution < 1.29 is 0 Å². The maximum absolute atomic E-state index is 12.9. The van der Waals surface area contributed by atoms with E-state index in [-0.39, 0.29) is 11.1 Å². The van der Waals surface area contributed by atoms with E-state index in [1.807, 2.05) is 13.0 Å². The lowest BCUT2D eigenvalue weighted by Crippen LogP contribution is -2.32. The summed E-state index contributed by atoms with van der Waals surface area (Å²) in [6.45, 7) is 10.8. The predicted octanol–water partition coefficient (Wildman–Crippen LogP) is 4.66. The van der Waals surface area contributed by atoms with Gasteiger partial charge < -0.3 is 5.32 Å². The first-order valence-corrected chi connectivity index (χ1v) is 9.00. The van der Waals surface area contributed by atoms with Crippen molar-refractivity contribution in [3.8, 4) is 10.4 Å². The molecule has 0 fully saturated rings. The van der Waals surface area contributed by atoms with E-state index in [1.165, 1.54) is 16.9 Å². The quantitative estimate of drug-likeness (QED) is 0.753. The van der Waals surface area contributed by atoms with E-state index >= 15 is 0 Å². The molecule has 1 N–H and O–H groups in total. The monoisotopic (exact) mass is 341 g/mol. The Morgan fingerprint density at radius 3 is 2.46 bits per heavy atom. The molecular weight excluding hydrogens is 318 g/mol. The molecule has 0 atom stereocenters. The van der Waals surface area contributed by atoms with Gasteiger partial charge in [0.2, 0.25) is 5.95 Å². The molecule has 3 rings (SSSR count). The zero-order valence-electron chi connectivity index (χ0n) is 14.8. The molecule has 0 amide bonds. The number of rotatable bonds is 3. The van der Waals surface area contributed by atoms with Gasteiger partial charge in [0.15, 0.2) is 0 Å². The van der Waals surface area contributed by atoms with Crippen molar-refractivity contribution >= 4 is 27.5 Å². The minimum atomic E-state index is -0.153. The van der Waals surface area contributed by atoms with Crippen LogP contribution in [-0.2, 0) is 6.54 Å². The molecule has 0 saturated heterocycles. The van der Waals surface area contributed by atoms with Crippen LogP contribution < -0.4 is 10.9 Å². The summed E-state index contributed by atoms with van der Waals surface area (Å²) in [5, 5.41) is 3.35. The summed E-state index contributed by atoms with van der Waals surface area (Å²) in [4.78, 5) is 18.7. The van der Waals surface area contributed by atoms with Crippen LogP contribution >= 0.6 is 11.3 Å². The second-order valence-corrected chi connectivity index (χ2v) is 8.10. The average Bonchev–Trinajstić information content (AvgIpc) is 2.91. The van der Waals surface area contributed by atoms with Crippen LogP contribution in [0.5, 0.6) is 0 Å². The number of nitrogens with one attached hydrogen (secondary N) is 1. The third-order valence-corrected chi connectivity index (χ3v) is 4.93. The molecule has 0 aliphatic rings. The van der Waals surface area contributed by atoms with Crippen LogP contribution in [0, 0.1) is 6.92 Å². The van der Waals surface area contributed by atoms with Crippen LogP contribution in [0.2, 0.25) is 0 Å². The highest BCUT2D eigenvalue weighted by molar-refractivity contribution is 7.22. The van der Waals surface area contributed by atoms with Gasteiger partial charge in [0.1, 0.15) is 4.70 Å². The highest BCUT2D eigenvalue weighted by atomic mass is 32.1. The molecule has 0 spiro atoms. The Balaban J connectivity index is 2.17. The van der Waals surface area contributed by atoms with Crippen molar-refractivity contribution in [1.29, 1.82) is 0 Å². The van der Waals surface area contributed by atoms with Crippen LogP contribution in [0.3, 0.4) is 0 Å². The van der Waals surface area contributed by atoms with Crippen LogP contribution in [0.1, 0.15) is 33.3 Å². The van der Waals surface area contributed by atoms with Gasteiger partial charge in [-0.05, 0) is 46.2 Å². The zero-order chi connectivity index (χ0) is 17.5. The van der Waals surface area contributed by atoms with Gasteiger partial charge in [0.25, 0.3) is 5.56 Å². The maximum Gasteiger partial charge on any atom is 0.272 e. The van der Waals surface area contributed by atoms with Gasteiger partial charge in [0.05, 0.1) is 5.52 Å². The van der Waals surface area contributed by atoms with Gasteiger partial charge >= 0.3 is 0 Å². The standard InChI is InChI=1S/C19H23N3OS/c1-6-22-17(23)16-14(20-18(22)21-19(3,4)5)11-15(24-16)13-9-7-12(2)8-10-13/h7-11H,6H2,1-5H3,(H,20,21). The number of aromatic nitrogens is 2. The summed E-state index contributed by atoms with van der Waals surface area (Å²) in [7, 11) is 0. The normalized spacial score (nSPS) is 11.9. The Kier molecular flexibility index (Phi) is 4.22. The number of fused-ring (bicyclic) bond motifs is 1. The summed E-state index contributed by atoms with van der Waals surface area (Å²) in [5.41, 5.74) is 2.98. The Labute approximate surface area is 146 Å². The number of aryl methyl sites for hydroxylation is 1. The smallest absolute Gasteiger partial charge is 0.272 e. The number of thiophene rings is 1. The number of anilines is 1. The second kappa shape index (κ2) is 6.06. The first-order chi connectivity index (χ1) is 11.3. The largest absolute Gasteiger partial charge is 0.351 e. The van der Waals surface area contributed by atoms with Gasteiger partial charge in [0, 0.05) is 17.0 Å². The molecule has 0 aliphatic carbocycles. The number of hydrogen-bond donors (Lipinski definition) is 1. The molecule has 3 aromatic rings. The Hall–Kier alpha value is -2.14. The molecule has 0 aliphatic heterocycles. The Morgan fingerprint density at radius 1 is 1.21 bits per heavy atom. The molecule has 4 nitrogen and oxygen atoms in total. The second-order valence-electron chi connectivity index (χ2n) is 7.05. The molecular formula is C19H23N3OS. The number of hydrogen-bond acceptors (Lipinski definition) is 4. The average molecular weight is 341 g/mol. The van der Waals surface area contributed by atoms with Gasteiger partial charge in [-0.1, -0.05) is 29.8 Å². The molecule has 2 heterocycles. The van der Waals surface area contributed by atoms with Gasteiger partial charge in [-0.25, -0.2) is 4.98 Å². The summed E-state index contributed by atoms with van der Waals surface area (Å²) < 4.78 is 2.43. The van der Waals surface area contributed by atoms with Gasteiger partial charge in [-0.2, -0.15) is 0 Å². The molecule has 0 unspecified atom stereocenters. The topological polar surface area (TPSA) is 46.9 Å². The summed E-state index contributed by atoms with van der Waals surface area (Å²) in [6.07, 6.45) is 0. The van der Waals surface area contributed by atoms with Crippen molar-refractivity contribution in [1.82, 2.24) is 9.55 Å². The summed E-state index contributed by atoms with van der Waals surface area (Å²) >= 11 is 1.52. The van der Waals surface area contributed by atoms with Crippen LogP contribution in [-0.4, -0.2) is 15.1 Å². The molecule has 126 valence electrons. The van der Waals surface area contributed by atoms with Gasteiger partial charge in [-0.15, -0.1) is 11.3 Å². The van der Waals surface area contributed by atoms with Crippen molar-refractivity contribution in [3.05, 3.63) is 46.2 Å². The molecule has 0 bridgehead atoms. The molecule has 1 aromatic carbocycles. The fraction of sp³-hybridized carbons (Fsp3) is 0.368. The predicted molar refractivity (Wildman–Crippen MR) is 103 cm³/mol. The third-order valence-electron chi connectivity index (χ3n) is 3.77. The maximum atomic E-state index is 12.9. The van der Waals surface area contributed by atoms with Crippen LogP contribution in [0.4, 0.5) is 5.95 Å². The lowest BCUT2D eigenvalue weighted by Gasteiger charge is -2.23. The highest BCUT2D eigenvalue weighted by Crippen LogP contribution is 2.32. The summed E-state index contributed by atoms with van der Waals surface area (Å²) in [6, 6.07) is 10.4. The Morgan fingerprint density at radius 2 is 1.88 bits per heavy atom. The molecule has 24 heavy (non-hydrogen) atoms. The van der Waals surface area contributed by atoms with Crippen molar-refractivity contribution in [2.75, 3.05) is 5.32 Å². The van der Waals surface area contributed by atoms with E-state index in [2.05, 4.69) is 57.3 Å².